The second-order valence-electron chi connectivity index (χ2n) is 14.4. The van der Waals surface area contributed by atoms with E-state index < -0.39 is 6.18 Å². The number of alkyl halides is 3. The first-order chi connectivity index (χ1) is 25.5. The number of likely N-dealkylation sites (tertiary alicyclic amines) is 1. The van der Waals surface area contributed by atoms with Crippen LogP contribution in [0.15, 0.2) is 80.5 Å². The summed E-state index contributed by atoms with van der Waals surface area (Å²) in [5.74, 6) is 2.30. The normalized spacial score (nSPS) is 22.9. The Kier molecular flexibility index (Phi) is 14.4. The molecule has 1 aromatic rings. The number of aliphatic imine (C=N–C) groups is 3. The van der Waals surface area contributed by atoms with Crippen molar-refractivity contribution in [1.29, 1.82) is 0 Å². The number of allylic oxidation sites excluding steroid dienone is 5. The number of anilines is 2. The first kappa shape index (κ1) is 39.9. The first-order valence-corrected chi connectivity index (χ1v) is 18.7. The number of amides is 1. The van der Waals surface area contributed by atoms with Crippen molar-refractivity contribution in [1.82, 2.24) is 20.0 Å². The van der Waals surface area contributed by atoms with E-state index in [1.807, 2.05) is 19.1 Å². The van der Waals surface area contributed by atoms with Crippen molar-refractivity contribution in [3.63, 3.8) is 0 Å². The Morgan fingerprint density at radius 1 is 1.08 bits per heavy atom. The Balaban J connectivity index is 1.18. The zero-order valence-electron chi connectivity index (χ0n) is 31.3. The molecule has 14 heteroatoms. The summed E-state index contributed by atoms with van der Waals surface area (Å²) < 4.78 is 37.2. The van der Waals surface area contributed by atoms with Gasteiger partial charge in [-0.25, -0.2) is 9.98 Å². The van der Waals surface area contributed by atoms with Crippen molar-refractivity contribution in [2.45, 2.75) is 64.6 Å². The minimum atomic E-state index is -4.39. The van der Waals surface area contributed by atoms with E-state index in [0.717, 1.165) is 61.4 Å². The molecular weight excluding hydrogens is 681 g/mol. The molecule has 2 unspecified atom stereocenters. The molecular formula is C39H55F3N10O. The van der Waals surface area contributed by atoms with Gasteiger partial charge in [0.25, 0.3) is 0 Å². The molecule has 5 rings (SSSR count). The first-order valence-electron chi connectivity index (χ1n) is 18.7. The number of rotatable bonds is 12. The molecule has 53 heavy (non-hydrogen) atoms. The topological polar surface area (TPSA) is 126 Å². The van der Waals surface area contributed by atoms with Gasteiger partial charge < -0.3 is 31.5 Å². The van der Waals surface area contributed by atoms with Crippen LogP contribution in [0.5, 0.6) is 0 Å². The number of carbonyl (C=O) groups excluding carboxylic acids is 1. The maximum atomic E-state index is 12.8. The smallest absolute Gasteiger partial charge is 0.385 e. The fourth-order valence-corrected chi connectivity index (χ4v) is 7.07. The van der Waals surface area contributed by atoms with Gasteiger partial charge in [-0.1, -0.05) is 30.4 Å². The lowest BCUT2D eigenvalue weighted by atomic mass is 9.97. The number of nitrogens with two attached hydrogens (primary N) is 1. The van der Waals surface area contributed by atoms with Gasteiger partial charge in [-0.2, -0.15) is 13.2 Å². The van der Waals surface area contributed by atoms with E-state index in [-0.39, 0.29) is 24.4 Å². The highest BCUT2D eigenvalue weighted by Gasteiger charge is 2.28. The van der Waals surface area contributed by atoms with Crippen molar-refractivity contribution in [3.8, 4) is 0 Å². The Morgan fingerprint density at radius 2 is 1.89 bits per heavy atom. The fourth-order valence-electron chi connectivity index (χ4n) is 7.07. The lowest BCUT2D eigenvalue weighted by molar-refractivity contribution is -0.115. The van der Waals surface area contributed by atoms with Crippen LogP contribution in [0.3, 0.4) is 0 Å². The van der Waals surface area contributed by atoms with E-state index in [9.17, 15) is 18.0 Å². The zero-order chi connectivity index (χ0) is 37.8. The van der Waals surface area contributed by atoms with Crippen LogP contribution in [0.2, 0.25) is 0 Å². The van der Waals surface area contributed by atoms with Crippen molar-refractivity contribution >= 4 is 35.3 Å². The highest BCUT2D eigenvalue weighted by atomic mass is 19.4. The molecule has 0 spiro atoms. The van der Waals surface area contributed by atoms with E-state index in [1.165, 1.54) is 57.5 Å². The molecule has 5 N–H and O–H groups in total. The van der Waals surface area contributed by atoms with E-state index in [2.05, 4.69) is 42.7 Å². The Bertz CT molecular complexity index is 1640. The van der Waals surface area contributed by atoms with Gasteiger partial charge in [0.05, 0.1) is 25.8 Å². The number of fused-ring (bicyclic) bond motifs is 1. The second kappa shape index (κ2) is 19.2. The number of nitrogens with one attached hydrogen (secondary N) is 3. The molecule has 288 valence electrons. The third-order valence-corrected chi connectivity index (χ3v) is 10.3. The monoisotopic (exact) mass is 736 g/mol. The predicted molar refractivity (Wildman–Crippen MR) is 209 cm³/mol. The number of benzene rings is 1. The van der Waals surface area contributed by atoms with Gasteiger partial charge in [-0.3, -0.25) is 14.7 Å². The van der Waals surface area contributed by atoms with Crippen LogP contribution in [0.4, 0.5) is 24.5 Å². The largest absolute Gasteiger partial charge is 0.409 e. The molecule has 1 aromatic carbocycles. The SMILES string of the molecule is C\C=C(/C=C\C=C\C(F)(F)F)CC(=O)Nc1ccc(C)c(NC2=C3CN=C(CN4CCCN(CCC5CCCN(C)CC5)CC4)N=C(N)C3NC=N2)c1. The van der Waals surface area contributed by atoms with Crippen LogP contribution in [-0.2, 0) is 4.79 Å². The average molecular weight is 737 g/mol. The summed E-state index contributed by atoms with van der Waals surface area (Å²) in [6.45, 7) is 12.5. The molecule has 0 aliphatic carbocycles. The van der Waals surface area contributed by atoms with Crippen molar-refractivity contribution in [2.75, 3.05) is 76.6 Å². The molecule has 4 heterocycles. The van der Waals surface area contributed by atoms with Gasteiger partial charge in [0.15, 0.2) is 0 Å². The lowest BCUT2D eigenvalue weighted by Gasteiger charge is -2.24. The van der Waals surface area contributed by atoms with E-state index >= 15 is 0 Å². The molecule has 0 saturated carbocycles. The number of carbonyl (C=O) groups is 1. The molecule has 4 aliphatic heterocycles. The van der Waals surface area contributed by atoms with Gasteiger partial charge in [0, 0.05) is 36.1 Å². The molecule has 0 bridgehead atoms. The molecule has 2 fully saturated rings. The highest BCUT2D eigenvalue weighted by molar-refractivity contribution is 6.03. The quantitative estimate of drug-likeness (QED) is 0.210. The Hall–Kier alpha value is -4.27. The Labute approximate surface area is 311 Å². The van der Waals surface area contributed by atoms with Gasteiger partial charge in [0.2, 0.25) is 5.91 Å². The van der Waals surface area contributed by atoms with Gasteiger partial charge in [-0.15, -0.1) is 0 Å². The molecule has 2 saturated heterocycles. The van der Waals surface area contributed by atoms with Crippen LogP contribution in [0.1, 0.15) is 51.0 Å². The number of aryl methyl sites for hydroxylation is 1. The molecule has 0 radical (unpaired) electrons. The number of halogens is 3. The predicted octanol–water partition coefficient (Wildman–Crippen LogP) is 5.47. The van der Waals surface area contributed by atoms with Crippen LogP contribution < -0.4 is 21.7 Å². The minimum Gasteiger partial charge on any atom is -0.385 e. The van der Waals surface area contributed by atoms with Gasteiger partial charge >= 0.3 is 6.18 Å². The molecule has 4 aliphatic rings. The molecule has 0 aromatic heterocycles. The standard InChI is InChI=1S/C39H55F3N10O/c1-4-29(9-5-6-15-39(40,41)42)23-35(53)47-31-12-11-28(2)33(24-31)48-38-32-25-44-34(49-37(43)36(32)45-27-46-38)26-52-18-8-17-51(21-22-52)20-14-30-10-7-16-50(3)19-13-30/h4-6,9,11-12,15,24,27,30,36,48H,7-8,10,13-14,16-23,25-26H2,1-3H3,(H,45,46)(H,47,53)(H2,43,44,49)/b9-5-,15-6+,29-4+. The highest BCUT2D eigenvalue weighted by Crippen LogP contribution is 2.26. The van der Waals surface area contributed by atoms with Gasteiger partial charge in [0.1, 0.15) is 23.5 Å². The third kappa shape index (κ3) is 12.7. The van der Waals surface area contributed by atoms with Crippen LogP contribution in [0.25, 0.3) is 0 Å². The summed E-state index contributed by atoms with van der Waals surface area (Å²) in [7, 11) is 2.24. The van der Waals surface area contributed by atoms with E-state index in [1.54, 1.807) is 25.4 Å². The fraction of sp³-hybridized carbons (Fsp3) is 0.538. The van der Waals surface area contributed by atoms with Crippen molar-refractivity contribution in [3.05, 3.63) is 71.1 Å². The minimum absolute atomic E-state index is 0.00364. The maximum absolute atomic E-state index is 12.8. The number of hydrogen-bond acceptors (Lipinski definition) is 10. The number of nitrogens with zero attached hydrogens (tertiary/aromatic N) is 6. The Morgan fingerprint density at radius 3 is 2.70 bits per heavy atom. The molecule has 1 amide bonds. The summed E-state index contributed by atoms with van der Waals surface area (Å²) in [6.07, 6.45) is 9.09. The van der Waals surface area contributed by atoms with E-state index in [0.29, 0.717) is 41.8 Å². The summed E-state index contributed by atoms with van der Waals surface area (Å²) >= 11 is 0. The van der Waals surface area contributed by atoms with Crippen molar-refractivity contribution in [2.24, 2.45) is 26.6 Å². The summed E-state index contributed by atoms with van der Waals surface area (Å²) in [4.78, 5) is 34.7. The molecule has 2 atom stereocenters. The number of amidine groups is 2. The summed E-state index contributed by atoms with van der Waals surface area (Å²) in [5.41, 5.74) is 10.3. The van der Waals surface area contributed by atoms with Crippen LogP contribution in [0, 0.1) is 12.8 Å². The molecule has 11 nitrogen and oxygen atoms in total. The zero-order valence-corrected chi connectivity index (χ0v) is 31.3. The second-order valence-corrected chi connectivity index (χ2v) is 14.4. The lowest BCUT2D eigenvalue weighted by Crippen LogP contribution is -2.45. The third-order valence-electron chi connectivity index (χ3n) is 10.3. The van der Waals surface area contributed by atoms with E-state index in [4.69, 9.17) is 15.7 Å². The van der Waals surface area contributed by atoms with Crippen molar-refractivity contribution < 1.29 is 18.0 Å². The maximum Gasteiger partial charge on any atom is 0.409 e. The van der Waals surface area contributed by atoms with Crippen LogP contribution >= 0.6 is 0 Å². The number of hydrogen-bond donors (Lipinski definition) is 4. The average Bonchev–Trinajstić information content (AvgIpc) is 3.54. The van der Waals surface area contributed by atoms with Gasteiger partial charge in [-0.05, 0) is 115 Å². The summed E-state index contributed by atoms with van der Waals surface area (Å²) in [5, 5.41) is 9.56. The van der Waals surface area contributed by atoms with Crippen LogP contribution in [-0.4, -0.2) is 117 Å². The summed E-state index contributed by atoms with van der Waals surface area (Å²) in [6, 6.07) is 5.15.